The Balaban J connectivity index is 1.25. The van der Waals surface area contributed by atoms with Crippen molar-refractivity contribution in [1.29, 1.82) is 0 Å². The van der Waals surface area contributed by atoms with E-state index in [0.717, 1.165) is 57.9 Å². The first-order chi connectivity index (χ1) is 17.5. The van der Waals surface area contributed by atoms with Crippen LogP contribution in [0.3, 0.4) is 0 Å². The van der Waals surface area contributed by atoms with Gasteiger partial charge < -0.3 is 10.2 Å². The number of rotatable bonds is 4. The third-order valence-corrected chi connectivity index (χ3v) is 7.99. The lowest BCUT2D eigenvalue weighted by atomic mass is 9.92. The fraction of sp³-hybridized carbons (Fsp3) is 0.345. The molecule has 1 aliphatic carbocycles. The monoisotopic (exact) mass is 478 g/mol. The number of nitrogens with one attached hydrogen (secondary N) is 2. The quantitative estimate of drug-likeness (QED) is 0.422. The van der Waals surface area contributed by atoms with Gasteiger partial charge in [-0.05, 0) is 62.1 Å². The predicted octanol–water partition coefficient (Wildman–Crippen LogP) is 5.22. The van der Waals surface area contributed by atoms with Crippen LogP contribution in [0.1, 0.15) is 41.3 Å². The summed E-state index contributed by atoms with van der Waals surface area (Å²) in [4.78, 5) is 22.6. The first-order valence-electron chi connectivity index (χ1n) is 12.9. The van der Waals surface area contributed by atoms with Gasteiger partial charge in [0.05, 0.1) is 11.6 Å². The molecule has 7 nitrogen and oxygen atoms in total. The Labute approximate surface area is 210 Å². The van der Waals surface area contributed by atoms with E-state index in [1.165, 1.54) is 18.4 Å². The van der Waals surface area contributed by atoms with Gasteiger partial charge in [-0.1, -0.05) is 30.3 Å². The minimum Gasteiger partial charge on any atom is -0.315 e. The van der Waals surface area contributed by atoms with Crippen molar-refractivity contribution in [3.05, 3.63) is 77.1 Å². The molecule has 2 aliphatic heterocycles. The highest BCUT2D eigenvalue weighted by Crippen LogP contribution is 2.40. The Morgan fingerprint density at radius 2 is 1.75 bits per heavy atom. The number of anilines is 1. The average Bonchev–Trinajstić information content (AvgIpc) is 3.49. The molecule has 7 rings (SSSR count). The summed E-state index contributed by atoms with van der Waals surface area (Å²) in [7, 11) is 0. The molecule has 7 heteroatoms. The van der Waals surface area contributed by atoms with Crippen LogP contribution < -0.4 is 5.32 Å². The minimum absolute atomic E-state index is 0.00875. The molecule has 1 saturated carbocycles. The highest BCUT2D eigenvalue weighted by atomic mass is 16.2. The van der Waals surface area contributed by atoms with E-state index in [1.807, 2.05) is 19.9 Å². The molecule has 2 aromatic heterocycles. The molecule has 4 aromatic rings. The van der Waals surface area contributed by atoms with Gasteiger partial charge in [-0.2, -0.15) is 5.10 Å². The molecule has 0 unspecified atom stereocenters. The van der Waals surface area contributed by atoms with E-state index >= 15 is 0 Å². The lowest BCUT2D eigenvalue weighted by molar-refractivity contribution is 0.174. The van der Waals surface area contributed by atoms with Crippen molar-refractivity contribution in [2.45, 2.75) is 51.2 Å². The third-order valence-electron chi connectivity index (χ3n) is 7.99. The van der Waals surface area contributed by atoms with Crippen LogP contribution in [0.4, 0.5) is 10.5 Å². The van der Waals surface area contributed by atoms with Crippen LogP contribution in [-0.4, -0.2) is 56.2 Å². The molecule has 2 aromatic carbocycles. The number of aromatic amines is 1. The second kappa shape index (κ2) is 8.17. The van der Waals surface area contributed by atoms with E-state index in [0.29, 0.717) is 18.5 Å². The number of urea groups is 1. The van der Waals surface area contributed by atoms with Gasteiger partial charge in [0.15, 0.2) is 0 Å². The SMILES string of the molecule is Cc1cc(-c2n[nH]c3cc4c(cc23)CN([C@@H]2CN(C3CC3)C[C@H]2c2ccccc2)C(=O)N4)cc(C)n1. The number of hydrogen-bond acceptors (Lipinski definition) is 4. The summed E-state index contributed by atoms with van der Waals surface area (Å²) in [5, 5.41) is 12.1. The van der Waals surface area contributed by atoms with Crippen molar-refractivity contribution < 1.29 is 4.79 Å². The van der Waals surface area contributed by atoms with Crippen molar-refractivity contribution in [2.24, 2.45) is 0 Å². The molecule has 0 bridgehead atoms. The Hall–Kier alpha value is -3.71. The molecule has 3 aliphatic rings. The third kappa shape index (κ3) is 3.66. The van der Waals surface area contributed by atoms with Crippen LogP contribution >= 0.6 is 0 Å². The molecule has 4 heterocycles. The largest absolute Gasteiger partial charge is 0.322 e. The molecular weight excluding hydrogens is 448 g/mol. The number of likely N-dealkylation sites (tertiary alicyclic amines) is 1. The second-order valence-electron chi connectivity index (χ2n) is 10.6. The molecule has 182 valence electrons. The summed E-state index contributed by atoms with van der Waals surface area (Å²) in [6.07, 6.45) is 2.55. The Kier molecular flexibility index (Phi) is 4.89. The molecule has 2 fully saturated rings. The molecule has 2 atom stereocenters. The Morgan fingerprint density at radius 3 is 2.50 bits per heavy atom. The number of aryl methyl sites for hydroxylation is 2. The van der Waals surface area contributed by atoms with Gasteiger partial charge in [0.2, 0.25) is 0 Å². The maximum atomic E-state index is 13.4. The summed E-state index contributed by atoms with van der Waals surface area (Å²) < 4.78 is 0. The molecule has 0 radical (unpaired) electrons. The summed E-state index contributed by atoms with van der Waals surface area (Å²) in [5.74, 6) is 0.315. The number of hydrogen-bond donors (Lipinski definition) is 2. The van der Waals surface area contributed by atoms with Crippen molar-refractivity contribution in [3.8, 4) is 11.3 Å². The summed E-state index contributed by atoms with van der Waals surface area (Å²) in [6, 6.07) is 19.9. The fourth-order valence-electron chi connectivity index (χ4n) is 6.16. The number of nitrogens with zero attached hydrogens (tertiary/aromatic N) is 4. The summed E-state index contributed by atoms with van der Waals surface area (Å²) >= 11 is 0. The minimum atomic E-state index is -0.00875. The van der Waals surface area contributed by atoms with Crippen LogP contribution in [0.5, 0.6) is 0 Å². The topological polar surface area (TPSA) is 77.2 Å². The molecular formula is C29H30N6O. The van der Waals surface area contributed by atoms with Crippen molar-refractivity contribution in [3.63, 3.8) is 0 Å². The summed E-state index contributed by atoms with van der Waals surface area (Å²) in [6.45, 7) is 6.57. The average molecular weight is 479 g/mol. The zero-order chi connectivity index (χ0) is 24.4. The maximum Gasteiger partial charge on any atom is 0.322 e. The fourth-order valence-corrected chi connectivity index (χ4v) is 6.16. The zero-order valence-electron chi connectivity index (χ0n) is 20.7. The van der Waals surface area contributed by atoms with Gasteiger partial charge in [-0.15, -0.1) is 0 Å². The number of aromatic nitrogens is 3. The molecule has 0 spiro atoms. The van der Waals surface area contributed by atoms with Crippen LogP contribution in [0.2, 0.25) is 0 Å². The number of carbonyl (C=O) groups is 1. The highest BCUT2D eigenvalue weighted by molar-refractivity contribution is 6.00. The maximum absolute atomic E-state index is 13.4. The van der Waals surface area contributed by atoms with E-state index < -0.39 is 0 Å². The van der Waals surface area contributed by atoms with E-state index in [-0.39, 0.29) is 12.1 Å². The number of amides is 2. The van der Waals surface area contributed by atoms with Crippen molar-refractivity contribution in [2.75, 3.05) is 18.4 Å². The Bertz CT molecular complexity index is 1450. The standard InChI is InChI=1S/C29H30N6O/c1-17-10-20(11-18(2)30-17)28-23-12-21-14-35(29(36)31-25(21)13-26(23)32-33-28)27-16-34(22-8-9-22)15-24(27)19-6-4-3-5-7-19/h3-7,10-13,22,24,27H,8-9,14-16H2,1-2H3,(H,31,36)(H,32,33)/t24-,27+/m0/s1. The van der Waals surface area contributed by atoms with Crippen molar-refractivity contribution >= 4 is 22.6 Å². The number of fused-ring (bicyclic) bond motifs is 2. The van der Waals surface area contributed by atoms with E-state index in [2.05, 4.69) is 78.8 Å². The molecule has 36 heavy (non-hydrogen) atoms. The van der Waals surface area contributed by atoms with Crippen molar-refractivity contribution in [1.82, 2.24) is 25.0 Å². The first kappa shape index (κ1) is 21.6. The van der Waals surface area contributed by atoms with E-state index in [1.54, 1.807) is 0 Å². The first-order valence-corrected chi connectivity index (χ1v) is 12.9. The number of pyridine rings is 1. The predicted molar refractivity (Wildman–Crippen MR) is 141 cm³/mol. The second-order valence-corrected chi connectivity index (χ2v) is 10.6. The normalized spacial score (nSPS) is 22.2. The van der Waals surface area contributed by atoms with Gasteiger partial charge in [0.1, 0.15) is 5.69 Å². The molecule has 1 saturated heterocycles. The van der Waals surface area contributed by atoms with Gasteiger partial charge in [-0.25, -0.2) is 4.79 Å². The van der Waals surface area contributed by atoms with Gasteiger partial charge in [0, 0.05) is 59.6 Å². The smallest absolute Gasteiger partial charge is 0.315 e. The zero-order valence-corrected chi connectivity index (χ0v) is 20.7. The van der Waals surface area contributed by atoms with Crippen LogP contribution in [-0.2, 0) is 6.54 Å². The van der Waals surface area contributed by atoms with Gasteiger partial charge in [0.25, 0.3) is 0 Å². The Morgan fingerprint density at radius 1 is 0.972 bits per heavy atom. The van der Waals surface area contributed by atoms with Gasteiger partial charge in [-0.3, -0.25) is 15.0 Å². The lowest BCUT2D eigenvalue weighted by Gasteiger charge is -2.36. The van der Waals surface area contributed by atoms with Crippen LogP contribution in [0.15, 0.2) is 54.6 Å². The van der Waals surface area contributed by atoms with E-state index in [9.17, 15) is 4.79 Å². The van der Waals surface area contributed by atoms with Gasteiger partial charge >= 0.3 is 6.03 Å². The van der Waals surface area contributed by atoms with Crippen LogP contribution in [0.25, 0.3) is 22.2 Å². The lowest BCUT2D eigenvalue weighted by Crippen LogP contribution is -2.48. The number of H-pyrrole nitrogens is 1. The highest BCUT2D eigenvalue weighted by Gasteiger charge is 2.45. The molecule has 2 amide bonds. The number of benzene rings is 2. The molecule has 2 N–H and O–H groups in total. The summed E-state index contributed by atoms with van der Waals surface area (Å²) in [5.41, 5.74) is 8.18. The van der Waals surface area contributed by atoms with E-state index in [4.69, 9.17) is 0 Å². The van der Waals surface area contributed by atoms with Crippen LogP contribution in [0, 0.1) is 13.8 Å². The number of carbonyl (C=O) groups excluding carboxylic acids is 1.